The molecule has 8 heteroatoms. The number of nitrogens with one attached hydrogen (secondary N) is 1. The molecule has 8 nitrogen and oxygen atoms in total. The molecule has 1 N–H and O–H groups in total. The molecule has 0 radical (unpaired) electrons. The second kappa shape index (κ2) is 9.49. The molecule has 154 valence electrons. The Labute approximate surface area is 170 Å². The van der Waals surface area contributed by atoms with Crippen molar-refractivity contribution >= 4 is 17.3 Å². The number of rotatable bonds is 7. The van der Waals surface area contributed by atoms with Crippen LogP contribution < -0.4 is 10.1 Å². The number of methoxy groups -OCH3 is 1. The van der Waals surface area contributed by atoms with Crippen LogP contribution in [0, 0.1) is 10.1 Å². The van der Waals surface area contributed by atoms with E-state index in [4.69, 9.17) is 4.74 Å². The second-order valence-electron chi connectivity index (χ2n) is 7.10. The van der Waals surface area contributed by atoms with Crippen LogP contribution in [-0.2, 0) is 11.3 Å². The summed E-state index contributed by atoms with van der Waals surface area (Å²) >= 11 is 0. The van der Waals surface area contributed by atoms with Crippen LogP contribution in [0.2, 0.25) is 0 Å². The molecular formula is C21H26N4O4. The van der Waals surface area contributed by atoms with Gasteiger partial charge in [0.2, 0.25) is 5.91 Å². The smallest absolute Gasteiger partial charge is 0.271 e. The van der Waals surface area contributed by atoms with E-state index in [1.807, 2.05) is 25.1 Å². The molecule has 0 aliphatic carbocycles. The number of amides is 1. The first kappa shape index (κ1) is 20.8. The van der Waals surface area contributed by atoms with Crippen LogP contribution in [0.3, 0.4) is 0 Å². The van der Waals surface area contributed by atoms with Crippen LogP contribution in [0.5, 0.6) is 5.75 Å². The first-order chi connectivity index (χ1) is 14.0. The van der Waals surface area contributed by atoms with Crippen molar-refractivity contribution < 1.29 is 14.5 Å². The largest absolute Gasteiger partial charge is 0.495 e. The van der Waals surface area contributed by atoms with Crippen molar-refractivity contribution in [3.05, 3.63) is 64.2 Å². The number of carbonyl (C=O) groups excluding carboxylic acids is 1. The minimum atomic E-state index is -0.496. The Morgan fingerprint density at radius 2 is 1.86 bits per heavy atom. The van der Waals surface area contributed by atoms with Crippen molar-refractivity contribution in [3.8, 4) is 5.75 Å². The molecule has 0 saturated carbocycles. The van der Waals surface area contributed by atoms with Gasteiger partial charge >= 0.3 is 0 Å². The fourth-order valence-corrected chi connectivity index (χ4v) is 3.46. The molecule has 1 fully saturated rings. The van der Waals surface area contributed by atoms with Crippen molar-refractivity contribution in [2.75, 3.05) is 38.6 Å². The average Bonchev–Trinajstić information content (AvgIpc) is 2.74. The normalized spacial score (nSPS) is 16.2. The summed E-state index contributed by atoms with van der Waals surface area (Å²) in [6, 6.07) is 14.1. The van der Waals surface area contributed by atoms with Gasteiger partial charge in [0.05, 0.1) is 23.8 Å². The Balaban J connectivity index is 1.57. The fraction of sp³-hybridized carbons (Fsp3) is 0.381. The molecule has 0 bridgehead atoms. The lowest BCUT2D eigenvalue weighted by atomic mass is 10.1. The van der Waals surface area contributed by atoms with Crippen LogP contribution in [0.25, 0.3) is 0 Å². The van der Waals surface area contributed by atoms with Crippen molar-refractivity contribution in [1.82, 2.24) is 9.80 Å². The summed E-state index contributed by atoms with van der Waals surface area (Å²) in [5.41, 5.74) is 1.49. The number of carbonyl (C=O) groups is 1. The SMILES string of the molecule is COc1ccc([N+](=O)[O-])cc1NC(=O)[C@H](C)N1CCN(Cc2ccccc2)CC1. The average molecular weight is 398 g/mol. The third kappa shape index (κ3) is 5.30. The lowest BCUT2D eigenvalue weighted by molar-refractivity contribution is -0.384. The summed E-state index contributed by atoms with van der Waals surface area (Å²) < 4.78 is 5.22. The van der Waals surface area contributed by atoms with Gasteiger partial charge in [-0.2, -0.15) is 0 Å². The van der Waals surface area contributed by atoms with E-state index in [0.29, 0.717) is 11.4 Å². The highest BCUT2D eigenvalue weighted by Gasteiger charge is 2.26. The summed E-state index contributed by atoms with van der Waals surface area (Å²) in [7, 11) is 1.46. The lowest BCUT2D eigenvalue weighted by Gasteiger charge is -2.37. The van der Waals surface area contributed by atoms with E-state index in [9.17, 15) is 14.9 Å². The number of nitrogens with zero attached hydrogens (tertiary/aromatic N) is 3. The maximum atomic E-state index is 12.7. The summed E-state index contributed by atoms with van der Waals surface area (Å²) in [6.07, 6.45) is 0. The van der Waals surface area contributed by atoms with Gasteiger partial charge in [-0.1, -0.05) is 30.3 Å². The van der Waals surface area contributed by atoms with Gasteiger partial charge in [-0.15, -0.1) is 0 Å². The molecular weight excluding hydrogens is 372 g/mol. The van der Waals surface area contributed by atoms with E-state index in [1.165, 1.54) is 30.9 Å². The summed E-state index contributed by atoms with van der Waals surface area (Å²) in [5, 5.41) is 13.8. The van der Waals surface area contributed by atoms with Crippen LogP contribution >= 0.6 is 0 Å². The first-order valence-electron chi connectivity index (χ1n) is 9.61. The maximum Gasteiger partial charge on any atom is 0.271 e. The standard InChI is InChI=1S/C21H26N4O4/c1-16(21(26)22-19-14-18(25(27)28)8-9-20(19)29-2)24-12-10-23(11-13-24)15-17-6-4-3-5-7-17/h3-9,14,16H,10-13,15H2,1-2H3,(H,22,26)/t16-/m0/s1. The van der Waals surface area contributed by atoms with E-state index in [-0.39, 0.29) is 17.6 Å². The van der Waals surface area contributed by atoms with Gasteiger partial charge in [-0.3, -0.25) is 24.7 Å². The molecule has 1 aliphatic heterocycles. The molecule has 1 saturated heterocycles. The van der Waals surface area contributed by atoms with Gasteiger partial charge in [0, 0.05) is 44.9 Å². The molecule has 1 atom stereocenters. The molecule has 0 unspecified atom stereocenters. The van der Waals surface area contributed by atoms with Gasteiger partial charge in [-0.25, -0.2) is 0 Å². The summed E-state index contributed by atoms with van der Waals surface area (Å²) in [4.78, 5) is 27.8. The number of piperazine rings is 1. The van der Waals surface area contributed by atoms with Crippen molar-refractivity contribution in [3.63, 3.8) is 0 Å². The number of ether oxygens (including phenoxy) is 1. The number of non-ortho nitro benzene ring substituents is 1. The Morgan fingerprint density at radius 3 is 2.48 bits per heavy atom. The van der Waals surface area contributed by atoms with Gasteiger partial charge in [0.15, 0.2) is 0 Å². The van der Waals surface area contributed by atoms with Crippen molar-refractivity contribution in [2.24, 2.45) is 0 Å². The number of anilines is 1. The molecule has 1 aliphatic rings. The summed E-state index contributed by atoms with van der Waals surface area (Å²) in [5.74, 6) is 0.184. The first-order valence-corrected chi connectivity index (χ1v) is 9.61. The minimum Gasteiger partial charge on any atom is -0.495 e. The van der Waals surface area contributed by atoms with Gasteiger partial charge in [0.25, 0.3) is 5.69 Å². The predicted octanol–water partition coefficient (Wildman–Crippen LogP) is 2.75. The monoisotopic (exact) mass is 398 g/mol. The molecule has 2 aromatic rings. The highest BCUT2D eigenvalue weighted by atomic mass is 16.6. The molecule has 2 aromatic carbocycles. The topological polar surface area (TPSA) is 87.9 Å². The minimum absolute atomic E-state index is 0.0942. The highest BCUT2D eigenvalue weighted by Crippen LogP contribution is 2.29. The highest BCUT2D eigenvalue weighted by molar-refractivity contribution is 5.96. The van der Waals surface area contributed by atoms with Crippen LogP contribution in [-0.4, -0.2) is 60.0 Å². The van der Waals surface area contributed by atoms with Crippen molar-refractivity contribution in [1.29, 1.82) is 0 Å². The second-order valence-corrected chi connectivity index (χ2v) is 7.10. The number of hydrogen-bond acceptors (Lipinski definition) is 6. The quantitative estimate of drug-likeness (QED) is 0.570. The van der Waals surface area contributed by atoms with Crippen LogP contribution in [0.1, 0.15) is 12.5 Å². The maximum absolute atomic E-state index is 12.7. The van der Waals surface area contributed by atoms with E-state index in [2.05, 4.69) is 27.2 Å². The van der Waals surface area contributed by atoms with E-state index in [1.54, 1.807) is 0 Å². The number of nitro groups is 1. The third-order valence-electron chi connectivity index (χ3n) is 5.23. The molecule has 0 spiro atoms. The van der Waals surface area contributed by atoms with E-state index in [0.717, 1.165) is 32.7 Å². The molecule has 3 rings (SSSR count). The van der Waals surface area contributed by atoms with Crippen LogP contribution in [0.4, 0.5) is 11.4 Å². The predicted molar refractivity (Wildman–Crippen MR) is 111 cm³/mol. The Hall–Kier alpha value is -2.97. The molecule has 1 amide bonds. The van der Waals surface area contributed by atoms with E-state index < -0.39 is 4.92 Å². The zero-order valence-electron chi connectivity index (χ0n) is 16.7. The molecule has 0 aromatic heterocycles. The Morgan fingerprint density at radius 1 is 1.17 bits per heavy atom. The van der Waals surface area contributed by atoms with Gasteiger partial charge < -0.3 is 10.1 Å². The Bertz CT molecular complexity index is 851. The Kier molecular flexibility index (Phi) is 6.79. The van der Waals surface area contributed by atoms with Gasteiger partial charge in [0.1, 0.15) is 5.75 Å². The third-order valence-corrected chi connectivity index (χ3v) is 5.23. The summed E-state index contributed by atoms with van der Waals surface area (Å²) in [6.45, 7) is 6.09. The zero-order valence-corrected chi connectivity index (χ0v) is 16.7. The number of hydrogen-bond donors (Lipinski definition) is 1. The van der Waals surface area contributed by atoms with Crippen molar-refractivity contribution in [2.45, 2.75) is 19.5 Å². The lowest BCUT2D eigenvalue weighted by Crippen LogP contribution is -2.52. The van der Waals surface area contributed by atoms with E-state index >= 15 is 0 Å². The fourth-order valence-electron chi connectivity index (χ4n) is 3.46. The zero-order chi connectivity index (χ0) is 20.8. The number of benzene rings is 2. The van der Waals surface area contributed by atoms with Crippen LogP contribution in [0.15, 0.2) is 48.5 Å². The number of nitro benzene ring substituents is 1. The molecule has 29 heavy (non-hydrogen) atoms. The van der Waals surface area contributed by atoms with Gasteiger partial charge in [-0.05, 0) is 18.6 Å². The molecule has 1 heterocycles.